The van der Waals surface area contributed by atoms with Gasteiger partial charge in [-0.25, -0.2) is 9.97 Å². The van der Waals surface area contributed by atoms with Crippen LogP contribution in [0.5, 0.6) is 0 Å². The van der Waals surface area contributed by atoms with E-state index in [1.54, 1.807) is 6.08 Å². The highest BCUT2D eigenvalue weighted by Gasteiger charge is 2.01. The first-order valence-electron chi connectivity index (χ1n) is 3.83. The zero-order valence-corrected chi connectivity index (χ0v) is 8.04. The van der Waals surface area contributed by atoms with Crippen LogP contribution in [0.1, 0.15) is 5.56 Å². The Labute approximate surface area is 81.8 Å². The zero-order valence-electron chi connectivity index (χ0n) is 7.29. The SMILES string of the molecule is CNCC=Cc1c(N)ncnc1Cl. The molecule has 70 valence electrons. The Balaban J connectivity index is 2.87. The molecule has 0 aromatic carbocycles. The van der Waals surface area contributed by atoms with Crippen molar-refractivity contribution in [3.05, 3.63) is 23.1 Å². The summed E-state index contributed by atoms with van der Waals surface area (Å²) in [6.07, 6.45) is 5.04. The van der Waals surface area contributed by atoms with Crippen LogP contribution in [0.15, 0.2) is 12.4 Å². The third kappa shape index (κ3) is 2.68. The van der Waals surface area contributed by atoms with Crippen LogP contribution in [-0.2, 0) is 0 Å². The van der Waals surface area contributed by atoms with Crippen molar-refractivity contribution in [2.75, 3.05) is 19.3 Å². The summed E-state index contributed by atoms with van der Waals surface area (Å²) >= 11 is 5.81. The lowest BCUT2D eigenvalue weighted by molar-refractivity contribution is 0.922. The second kappa shape index (κ2) is 4.79. The van der Waals surface area contributed by atoms with E-state index in [4.69, 9.17) is 17.3 Å². The van der Waals surface area contributed by atoms with E-state index >= 15 is 0 Å². The van der Waals surface area contributed by atoms with Gasteiger partial charge in [0.15, 0.2) is 0 Å². The van der Waals surface area contributed by atoms with Crippen molar-refractivity contribution >= 4 is 23.5 Å². The number of likely N-dealkylation sites (N-methyl/N-ethyl adjacent to an activating group) is 1. The summed E-state index contributed by atoms with van der Waals surface area (Å²) in [6, 6.07) is 0. The van der Waals surface area contributed by atoms with Gasteiger partial charge in [-0.3, -0.25) is 0 Å². The van der Waals surface area contributed by atoms with Crippen molar-refractivity contribution in [3.63, 3.8) is 0 Å². The second-order valence-electron chi connectivity index (χ2n) is 2.42. The van der Waals surface area contributed by atoms with Crippen molar-refractivity contribution in [3.8, 4) is 0 Å². The van der Waals surface area contributed by atoms with Gasteiger partial charge in [0.1, 0.15) is 17.3 Å². The monoisotopic (exact) mass is 198 g/mol. The summed E-state index contributed by atoms with van der Waals surface area (Å²) in [6.45, 7) is 0.755. The molecule has 0 unspecified atom stereocenters. The van der Waals surface area contributed by atoms with E-state index in [0.29, 0.717) is 16.5 Å². The van der Waals surface area contributed by atoms with Gasteiger partial charge in [0, 0.05) is 6.54 Å². The Morgan fingerprint density at radius 3 is 3.00 bits per heavy atom. The molecule has 0 spiro atoms. The molecule has 0 amide bonds. The van der Waals surface area contributed by atoms with Gasteiger partial charge in [0.2, 0.25) is 0 Å². The van der Waals surface area contributed by atoms with Crippen LogP contribution >= 0.6 is 11.6 Å². The molecule has 1 heterocycles. The van der Waals surface area contributed by atoms with Crippen LogP contribution in [0.25, 0.3) is 6.08 Å². The average Bonchev–Trinajstić information content (AvgIpc) is 2.10. The second-order valence-corrected chi connectivity index (χ2v) is 2.78. The predicted molar refractivity (Wildman–Crippen MR) is 54.4 cm³/mol. The summed E-state index contributed by atoms with van der Waals surface area (Å²) < 4.78 is 0. The fraction of sp³-hybridized carbons (Fsp3) is 0.250. The fourth-order valence-electron chi connectivity index (χ4n) is 0.835. The normalized spacial score (nSPS) is 10.9. The van der Waals surface area contributed by atoms with E-state index in [0.717, 1.165) is 6.54 Å². The molecule has 0 saturated heterocycles. The maximum absolute atomic E-state index is 5.81. The first kappa shape index (κ1) is 9.95. The van der Waals surface area contributed by atoms with Crippen molar-refractivity contribution in [2.45, 2.75) is 0 Å². The van der Waals surface area contributed by atoms with Crippen molar-refractivity contribution < 1.29 is 0 Å². The maximum Gasteiger partial charge on any atom is 0.141 e. The van der Waals surface area contributed by atoms with Gasteiger partial charge in [0.25, 0.3) is 0 Å². The minimum Gasteiger partial charge on any atom is -0.383 e. The van der Waals surface area contributed by atoms with E-state index < -0.39 is 0 Å². The van der Waals surface area contributed by atoms with Gasteiger partial charge < -0.3 is 11.1 Å². The molecule has 1 rings (SSSR count). The number of hydrogen-bond acceptors (Lipinski definition) is 4. The number of aromatic nitrogens is 2. The fourth-order valence-corrected chi connectivity index (χ4v) is 1.04. The Morgan fingerprint density at radius 2 is 2.38 bits per heavy atom. The molecule has 0 aliphatic rings. The Morgan fingerprint density at radius 1 is 1.62 bits per heavy atom. The molecule has 3 N–H and O–H groups in total. The van der Waals surface area contributed by atoms with Gasteiger partial charge in [-0.1, -0.05) is 23.8 Å². The van der Waals surface area contributed by atoms with Gasteiger partial charge in [-0.05, 0) is 7.05 Å². The third-order valence-electron chi connectivity index (χ3n) is 1.47. The van der Waals surface area contributed by atoms with Crippen molar-refractivity contribution in [1.82, 2.24) is 15.3 Å². The minimum absolute atomic E-state index is 0.375. The number of nitrogens with two attached hydrogens (primary N) is 1. The van der Waals surface area contributed by atoms with E-state index in [2.05, 4.69) is 15.3 Å². The molecule has 4 nitrogen and oxygen atoms in total. The molecule has 0 atom stereocenters. The summed E-state index contributed by atoms with van der Waals surface area (Å²) in [5, 5.41) is 3.34. The summed E-state index contributed by atoms with van der Waals surface area (Å²) in [7, 11) is 1.86. The lowest BCUT2D eigenvalue weighted by Gasteiger charge is -1.99. The molecular weight excluding hydrogens is 188 g/mol. The number of nitrogens with one attached hydrogen (secondary N) is 1. The van der Waals surface area contributed by atoms with Crippen molar-refractivity contribution in [2.24, 2.45) is 0 Å². The number of nitrogens with zero attached hydrogens (tertiary/aromatic N) is 2. The molecule has 5 heteroatoms. The number of hydrogen-bond donors (Lipinski definition) is 2. The number of nitrogen functional groups attached to an aromatic ring is 1. The molecule has 13 heavy (non-hydrogen) atoms. The quantitative estimate of drug-likeness (QED) is 0.710. The lowest BCUT2D eigenvalue weighted by atomic mass is 10.3. The first-order chi connectivity index (χ1) is 6.25. The van der Waals surface area contributed by atoms with Crippen LogP contribution in [0.3, 0.4) is 0 Å². The molecule has 0 radical (unpaired) electrons. The van der Waals surface area contributed by atoms with Crippen LogP contribution in [0.2, 0.25) is 5.15 Å². The van der Waals surface area contributed by atoms with Gasteiger partial charge in [-0.15, -0.1) is 0 Å². The maximum atomic E-state index is 5.81. The Bertz CT molecular complexity index is 291. The van der Waals surface area contributed by atoms with Crippen LogP contribution in [-0.4, -0.2) is 23.6 Å². The topological polar surface area (TPSA) is 63.8 Å². The minimum atomic E-state index is 0.375. The highest BCUT2D eigenvalue weighted by atomic mass is 35.5. The van der Waals surface area contributed by atoms with Gasteiger partial charge in [0.05, 0.1) is 5.56 Å². The number of anilines is 1. The van der Waals surface area contributed by atoms with E-state index in [1.807, 2.05) is 13.1 Å². The van der Waals surface area contributed by atoms with E-state index in [1.165, 1.54) is 6.33 Å². The summed E-state index contributed by atoms with van der Waals surface area (Å²) in [5.41, 5.74) is 6.26. The third-order valence-corrected chi connectivity index (χ3v) is 1.77. The smallest absolute Gasteiger partial charge is 0.141 e. The van der Waals surface area contributed by atoms with Crippen LogP contribution in [0, 0.1) is 0 Å². The first-order valence-corrected chi connectivity index (χ1v) is 4.20. The highest BCUT2D eigenvalue weighted by Crippen LogP contribution is 2.18. The van der Waals surface area contributed by atoms with Gasteiger partial charge >= 0.3 is 0 Å². The summed E-state index contributed by atoms with van der Waals surface area (Å²) in [5.74, 6) is 0.396. The van der Waals surface area contributed by atoms with E-state index in [-0.39, 0.29) is 0 Å². The molecule has 0 bridgehead atoms. The Kier molecular flexibility index (Phi) is 3.67. The lowest BCUT2D eigenvalue weighted by Crippen LogP contribution is -2.04. The van der Waals surface area contributed by atoms with Crippen LogP contribution in [0.4, 0.5) is 5.82 Å². The molecule has 1 aromatic rings. The molecule has 0 fully saturated rings. The summed E-state index contributed by atoms with van der Waals surface area (Å²) in [4.78, 5) is 7.65. The standard InChI is InChI=1S/C8H11ClN4/c1-11-4-2-3-6-7(9)12-5-13-8(6)10/h2-3,5,11H,4H2,1H3,(H2,10,12,13). The molecule has 0 saturated carbocycles. The van der Waals surface area contributed by atoms with Crippen molar-refractivity contribution in [1.29, 1.82) is 0 Å². The molecular formula is C8H11ClN4. The Hall–Kier alpha value is -1.13. The largest absolute Gasteiger partial charge is 0.383 e. The number of rotatable bonds is 3. The highest BCUT2D eigenvalue weighted by molar-refractivity contribution is 6.31. The van der Waals surface area contributed by atoms with E-state index in [9.17, 15) is 0 Å². The predicted octanol–water partition coefficient (Wildman–Crippen LogP) is 0.945. The zero-order chi connectivity index (χ0) is 9.68. The van der Waals surface area contributed by atoms with Crippen LogP contribution < -0.4 is 11.1 Å². The molecule has 0 aliphatic carbocycles. The number of halogens is 1. The average molecular weight is 199 g/mol. The van der Waals surface area contributed by atoms with Gasteiger partial charge in [-0.2, -0.15) is 0 Å². The molecule has 0 aliphatic heterocycles. The molecule has 1 aromatic heterocycles.